The third-order valence-corrected chi connectivity index (χ3v) is 4.55. The van der Waals surface area contributed by atoms with Crippen LogP contribution in [0.1, 0.15) is 44.7 Å². The summed E-state index contributed by atoms with van der Waals surface area (Å²) in [5, 5.41) is 3.47. The van der Waals surface area contributed by atoms with E-state index >= 15 is 0 Å². The Hall–Kier alpha value is -0.860. The molecule has 0 aromatic heterocycles. The van der Waals surface area contributed by atoms with Gasteiger partial charge in [0.2, 0.25) is 0 Å². The Balaban J connectivity index is 2.01. The van der Waals surface area contributed by atoms with Crippen molar-refractivity contribution in [2.75, 3.05) is 19.6 Å². The van der Waals surface area contributed by atoms with E-state index in [4.69, 9.17) is 0 Å². The Bertz CT molecular complexity index is 394. The summed E-state index contributed by atoms with van der Waals surface area (Å²) in [5.41, 5.74) is 3.01. The van der Waals surface area contributed by atoms with E-state index in [0.29, 0.717) is 6.04 Å². The zero-order valence-electron chi connectivity index (χ0n) is 13.4. The lowest BCUT2D eigenvalue weighted by molar-refractivity contribution is 0.161. The molecule has 1 aliphatic heterocycles. The molecule has 0 spiro atoms. The third-order valence-electron chi connectivity index (χ3n) is 4.55. The molecule has 1 fully saturated rings. The first-order valence-corrected chi connectivity index (χ1v) is 8.22. The van der Waals surface area contributed by atoms with Gasteiger partial charge in [-0.2, -0.15) is 0 Å². The molecule has 2 nitrogen and oxygen atoms in total. The number of nitrogens with one attached hydrogen (secondary N) is 1. The minimum Gasteiger partial charge on any atom is -0.317 e. The van der Waals surface area contributed by atoms with Gasteiger partial charge in [-0.25, -0.2) is 0 Å². The lowest BCUT2D eigenvalue weighted by atomic mass is 9.96. The van der Waals surface area contributed by atoms with Crippen molar-refractivity contribution in [3.8, 4) is 0 Å². The molecule has 0 radical (unpaired) electrons. The quantitative estimate of drug-likeness (QED) is 0.854. The van der Waals surface area contributed by atoms with Gasteiger partial charge in [-0.15, -0.1) is 0 Å². The Morgan fingerprint density at radius 3 is 2.40 bits per heavy atom. The molecule has 1 heterocycles. The maximum absolute atomic E-state index is 3.47. The molecule has 1 aromatic carbocycles. The molecule has 0 atom stereocenters. The minimum absolute atomic E-state index is 0.620. The molecule has 1 saturated heterocycles. The van der Waals surface area contributed by atoms with Crippen LogP contribution in [0.2, 0.25) is 0 Å². The molecule has 0 aliphatic carbocycles. The zero-order valence-corrected chi connectivity index (χ0v) is 13.4. The van der Waals surface area contributed by atoms with Crippen molar-refractivity contribution in [2.45, 2.75) is 52.6 Å². The number of hydrogen-bond acceptors (Lipinski definition) is 2. The van der Waals surface area contributed by atoms with Crippen LogP contribution in [0.3, 0.4) is 0 Å². The molecule has 1 aromatic rings. The smallest absolute Gasteiger partial charge is 0.0239 e. The van der Waals surface area contributed by atoms with E-state index in [-0.39, 0.29) is 0 Å². The Kier molecular flexibility index (Phi) is 6.06. The summed E-state index contributed by atoms with van der Waals surface area (Å²) in [6.45, 7) is 11.7. The van der Waals surface area contributed by atoms with Gasteiger partial charge < -0.3 is 5.32 Å². The van der Waals surface area contributed by atoms with Gasteiger partial charge in [-0.1, -0.05) is 31.2 Å². The molecule has 0 amide bonds. The van der Waals surface area contributed by atoms with Crippen molar-refractivity contribution in [1.82, 2.24) is 10.2 Å². The second-order valence-electron chi connectivity index (χ2n) is 6.34. The zero-order chi connectivity index (χ0) is 14.4. The summed E-state index contributed by atoms with van der Waals surface area (Å²) < 4.78 is 0. The maximum Gasteiger partial charge on any atom is 0.0239 e. The molecule has 1 aliphatic rings. The summed E-state index contributed by atoms with van der Waals surface area (Å²) >= 11 is 0. The van der Waals surface area contributed by atoms with Crippen molar-refractivity contribution in [1.29, 1.82) is 0 Å². The summed E-state index contributed by atoms with van der Waals surface area (Å²) in [6, 6.07) is 9.54. The fourth-order valence-electron chi connectivity index (χ4n) is 3.13. The number of nitrogens with zero attached hydrogens (tertiary/aromatic N) is 1. The summed E-state index contributed by atoms with van der Waals surface area (Å²) in [4.78, 5) is 2.66. The molecule has 1 N–H and O–H groups in total. The van der Waals surface area contributed by atoms with Crippen LogP contribution in [0.25, 0.3) is 0 Å². The third kappa shape index (κ3) is 4.32. The van der Waals surface area contributed by atoms with Crippen LogP contribution in [0.5, 0.6) is 0 Å². The van der Waals surface area contributed by atoms with Crippen LogP contribution in [-0.4, -0.2) is 30.6 Å². The van der Waals surface area contributed by atoms with Gasteiger partial charge in [0.05, 0.1) is 0 Å². The van der Waals surface area contributed by atoms with Crippen molar-refractivity contribution in [3.05, 3.63) is 35.4 Å². The van der Waals surface area contributed by atoms with E-state index in [2.05, 4.69) is 55.3 Å². The van der Waals surface area contributed by atoms with Crippen molar-refractivity contribution < 1.29 is 0 Å². The predicted molar refractivity (Wildman–Crippen MR) is 87.0 cm³/mol. The molecule has 112 valence electrons. The molecular formula is C18H30N2. The van der Waals surface area contributed by atoms with E-state index in [1.165, 1.54) is 43.6 Å². The Labute approximate surface area is 124 Å². The fourth-order valence-corrected chi connectivity index (χ4v) is 3.13. The van der Waals surface area contributed by atoms with E-state index in [9.17, 15) is 0 Å². The molecule has 20 heavy (non-hydrogen) atoms. The standard InChI is InChI=1S/C18H30N2/c1-4-17-7-5-6-8-18(17)14-20(15(2)3)13-16-9-11-19-12-10-16/h5-8,15-16,19H,4,9-14H2,1-3H3. The van der Waals surface area contributed by atoms with E-state index in [0.717, 1.165) is 18.9 Å². The van der Waals surface area contributed by atoms with Crippen LogP contribution in [-0.2, 0) is 13.0 Å². The van der Waals surface area contributed by atoms with Crippen LogP contribution in [0.15, 0.2) is 24.3 Å². The van der Waals surface area contributed by atoms with Gasteiger partial charge in [-0.3, -0.25) is 4.90 Å². The van der Waals surface area contributed by atoms with Gasteiger partial charge in [-0.05, 0) is 63.2 Å². The highest BCUT2D eigenvalue weighted by atomic mass is 15.1. The summed E-state index contributed by atoms with van der Waals surface area (Å²) in [7, 11) is 0. The molecule has 0 unspecified atom stereocenters. The highest BCUT2D eigenvalue weighted by Gasteiger charge is 2.19. The second kappa shape index (κ2) is 7.80. The van der Waals surface area contributed by atoms with E-state index < -0.39 is 0 Å². The highest BCUT2D eigenvalue weighted by molar-refractivity contribution is 5.27. The van der Waals surface area contributed by atoms with Crippen LogP contribution in [0, 0.1) is 5.92 Å². The lowest BCUT2D eigenvalue weighted by Crippen LogP contribution is -2.39. The average Bonchev–Trinajstić information content (AvgIpc) is 2.48. The lowest BCUT2D eigenvalue weighted by Gasteiger charge is -2.33. The predicted octanol–water partition coefficient (Wildman–Crippen LogP) is 3.46. The first kappa shape index (κ1) is 15.5. The first-order valence-electron chi connectivity index (χ1n) is 8.22. The average molecular weight is 274 g/mol. The number of rotatable bonds is 6. The van der Waals surface area contributed by atoms with Crippen LogP contribution >= 0.6 is 0 Å². The minimum atomic E-state index is 0.620. The van der Waals surface area contributed by atoms with Gasteiger partial charge in [0.25, 0.3) is 0 Å². The Morgan fingerprint density at radius 2 is 1.80 bits per heavy atom. The largest absolute Gasteiger partial charge is 0.317 e. The highest BCUT2D eigenvalue weighted by Crippen LogP contribution is 2.19. The molecule has 0 bridgehead atoms. The van der Waals surface area contributed by atoms with Gasteiger partial charge >= 0.3 is 0 Å². The Morgan fingerprint density at radius 1 is 1.15 bits per heavy atom. The fraction of sp³-hybridized carbons (Fsp3) is 0.667. The molecular weight excluding hydrogens is 244 g/mol. The number of benzene rings is 1. The van der Waals surface area contributed by atoms with E-state index in [1.807, 2.05) is 0 Å². The van der Waals surface area contributed by atoms with E-state index in [1.54, 1.807) is 0 Å². The number of aryl methyl sites for hydroxylation is 1. The summed E-state index contributed by atoms with van der Waals surface area (Å²) in [5.74, 6) is 0.868. The van der Waals surface area contributed by atoms with Gasteiger partial charge in [0, 0.05) is 19.1 Å². The number of piperidine rings is 1. The van der Waals surface area contributed by atoms with Crippen molar-refractivity contribution >= 4 is 0 Å². The van der Waals surface area contributed by atoms with Crippen LogP contribution in [0.4, 0.5) is 0 Å². The topological polar surface area (TPSA) is 15.3 Å². The second-order valence-corrected chi connectivity index (χ2v) is 6.34. The van der Waals surface area contributed by atoms with Crippen molar-refractivity contribution in [2.24, 2.45) is 5.92 Å². The van der Waals surface area contributed by atoms with Gasteiger partial charge in [0.15, 0.2) is 0 Å². The molecule has 0 saturated carbocycles. The van der Waals surface area contributed by atoms with Crippen LogP contribution < -0.4 is 5.32 Å². The monoisotopic (exact) mass is 274 g/mol. The number of hydrogen-bond donors (Lipinski definition) is 1. The summed E-state index contributed by atoms with van der Waals surface area (Å²) in [6.07, 6.45) is 3.80. The molecule has 2 heteroatoms. The first-order chi connectivity index (χ1) is 9.70. The van der Waals surface area contributed by atoms with Gasteiger partial charge in [0.1, 0.15) is 0 Å². The normalized spacial score (nSPS) is 17.1. The molecule has 2 rings (SSSR count). The maximum atomic E-state index is 3.47. The van der Waals surface area contributed by atoms with Crippen molar-refractivity contribution in [3.63, 3.8) is 0 Å². The SMILES string of the molecule is CCc1ccccc1CN(CC1CCNCC1)C(C)C.